The molecule has 0 bridgehead atoms. The normalized spacial score (nSPS) is 12.2. The summed E-state index contributed by atoms with van der Waals surface area (Å²) in [6.07, 6.45) is 0. The first-order chi connectivity index (χ1) is 19.2. The van der Waals surface area contributed by atoms with Crippen LogP contribution in [0.3, 0.4) is 0 Å². The molecule has 4 heteroatoms. The monoisotopic (exact) mass is 582 g/mol. The minimum absolute atomic E-state index is 1.01. The average Bonchev–Trinajstić information content (AvgIpc) is 3.41. The van der Waals surface area contributed by atoms with Gasteiger partial charge in [-0.1, -0.05) is 0 Å². The van der Waals surface area contributed by atoms with Crippen LogP contribution in [0, 0.1) is 0 Å². The number of rotatable bonds is 3. The van der Waals surface area contributed by atoms with Gasteiger partial charge in [-0.2, -0.15) is 0 Å². The molecule has 2 aromatic heterocycles. The maximum atomic E-state index is 5.13. The van der Waals surface area contributed by atoms with Crippen LogP contribution in [0.4, 0.5) is 0 Å². The molecule has 0 atom stereocenters. The van der Waals surface area contributed by atoms with E-state index in [1.165, 1.54) is 48.4 Å². The van der Waals surface area contributed by atoms with E-state index >= 15 is 0 Å². The second-order valence-electron chi connectivity index (χ2n) is 9.95. The Morgan fingerprint density at radius 3 is 1.95 bits per heavy atom. The molecule has 2 heterocycles. The Hall–Kier alpha value is -4.00. The molecule has 39 heavy (non-hydrogen) atoms. The van der Waals surface area contributed by atoms with Gasteiger partial charge in [0.25, 0.3) is 0 Å². The van der Waals surface area contributed by atoms with Crippen molar-refractivity contribution < 1.29 is 0 Å². The van der Waals surface area contributed by atoms with Crippen molar-refractivity contribution in [3.05, 3.63) is 140 Å². The number of benzene rings is 6. The van der Waals surface area contributed by atoms with E-state index < -0.39 is 5.51 Å². The third kappa shape index (κ3) is 3.35. The summed E-state index contributed by atoms with van der Waals surface area (Å²) in [6.45, 7) is 0. The zero-order chi connectivity index (χ0) is 26.0. The number of aromatic nitrogens is 2. The molecule has 0 saturated carbocycles. The van der Waals surface area contributed by atoms with Gasteiger partial charge in [-0.15, -0.1) is 0 Å². The van der Waals surface area contributed by atoms with Gasteiger partial charge in [0.1, 0.15) is 0 Å². The molecular weight excluding hydrogens is 558 g/mol. The Kier molecular flexibility index (Phi) is 5.15. The Morgan fingerprint density at radius 1 is 0.513 bits per heavy atom. The van der Waals surface area contributed by atoms with E-state index in [2.05, 4.69) is 159 Å². The molecular formula is C35H23N2PSe. The van der Waals surface area contributed by atoms with E-state index in [1.807, 2.05) is 0 Å². The van der Waals surface area contributed by atoms with Crippen LogP contribution < -0.4 is 15.9 Å². The second kappa shape index (κ2) is 8.76. The summed E-state index contributed by atoms with van der Waals surface area (Å²) in [5.74, 6) is 0. The van der Waals surface area contributed by atoms with Crippen molar-refractivity contribution >= 4 is 85.6 Å². The molecule has 0 amide bonds. The molecule has 0 radical (unpaired) electrons. The number of para-hydroxylation sites is 2. The van der Waals surface area contributed by atoms with E-state index in [1.54, 1.807) is 0 Å². The molecule has 6 aromatic carbocycles. The zero-order valence-corrected chi connectivity index (χ0v) is 23.6. The first-order valence-electron chi connectivity index (χ1n) is 13.1. The fraction of sp³-hybridized carbons (Fsp3) is 0. The molecule has 0 aliphatic heterocycles. The number of pyridine rings is 1. The molecule has 0 saturated heterocycles. The minimum atomic E-state index is -2.01. The van der Waals surface area contributed by atoms with Crippen molar-refractivity contribution in [3.63, 3.8) is 0 Å². The summed E-state index contributed by atoms with van der Waals surface area (Å²) >= 11 is 3.74. The summed E-state index contributed by atoms with van der Waals surface area (Å²) < 4.78 is 2.34. The molecule has 0 fully saturated rings. The summed E-state index contributed by atoms with van der Waals surface area (Å²) in [6, 6.07) is 50.6. The number of hydrogen-bond donors (Lipinski definition) is 0. The van der Waals surface area contributed by atoms with Gasteiger partial charge in [-0.25, -0.2) is 0 Å². The first kappa shape index (κ1) is 22.9. The third-order valence-electron chi connectivity index (χ3n) is 7.82. The van der Waals surface area contributed by atoms with Crippen molar-refractivity contribution in [2.45, 2.75) is 0 Å². The van der Waals surface area contributed by atoms with Crippen molar-refractivity contribution in [1.82, 2.24) is 9.38 Å². The zero-order valence-electron chi connectivity index (χ0n) is 21.0. The number of fused-ring (bicyclic) bond motifs is 10. The van der Waals surface area contributed by atoms with Gasteiger partial charge in [0, 0.05) is 0 Å². The van der Waals surface area contributed by atoms with E-state index in [0.717, 1.165) is 16.7 Å². The Balaban J connectivity index is 1.58. The van der Waals surface area contributed by atoms with Gasteiger partial charge in [-0.05, 0) is 0 Å². The number of hydrogen-bond acceptors (Lipinski definition) is 1. The molecule has 8 aromatic rings. The summed E-state index contributed by atoms with van der Waals surface area (Å²) in [5.41, 5.74) is 2.32. The summed E-state index contributed by atoms with van der Waals surface area (Å²) in [4.78, 5) is 5.13. The van der Waals surface area contributed by atoms with Gasteiger partial charge in [0.2, 0.25) is 0 Å². The van der Waals surface area contributed by atoms with Crippen LogP contribution in [0.15, 0.2) is 140 Å². The molecule has 0 unspecified atom stereocenters. The van der Waals surface area contributed by atoms with Crippen LogP contribution in [0.5, 0.6) is 0 Å². The van der Waals surface area contributed by atoms with E-state index in [9.17, 15) is 0 Å². The van der Waals surface area contributed by atoms with Crippen LogP contribution in [-0.4, -0.2) is 24.5 Å². The van der Waals surface area contributed by atoms with Crippen molar-refractivity contribution in [1.29, 1.82) is 0 Å². The van der Waals surface area contributed by atoms with Crippen molar-refractivity contribution in [2.75, 3.05) is 0 Å². The SMILES string of the molecule is [Se]=P(c1ccccc1)(c1ccccc1)c1ccc2c(c1)c1c3ccccc3ccc1c1nc3ccccc3n21. The van der Waals surface area contributed by atoms with Gasteiger partial charge >= 0.3 is 235 Å². The summed E-state index contributed by atoms with van der Waals surface area (Å²) in [5, 5.41) is 10.2. The first-order valence-corrected chi connectivity index (χ1v) is 17.1. The molecule has 0 N–H and O–H groups in total. The molecule has 2 nitrogen and oxygen atoms in total. The standard InChI is InChI=1S/C35H23N2PSe/c39-38(25-12-3-1-4-13-25,26-14-5-2-6-15-26)27-20-22-32-30(23-27)34-28-16-8-7-11-24(28)19-21-29(34)35-36-31-17-9-10-18-33(31)37(32)35/h1-23H. The predicted molar refractivity (Wildman–Crippen MR) is 170 cm³/mol. The van der Waals surface area contributed by atoms with Gasteiger partial charge in [0.05, 0.1) is 0 Å². The Morgan fingerprint density at radius 2 is 1.18 bits per heavy atom. The van der Waals surface area contributed by atoms with Crippen molar-refractivity contribution in [3.8, 4) is 0 Å². The third-order valence-corrected chi connectivity index (χ3v) is 14.9. The number of imidazole rings is 1. The maximum absolute atomic E-state index is 5.13. The fourth-order valence-corrected chi connectivity index (χ4v) is 11.0. The second-order valence-corrected chi connectivity index (χ2v) is 16.2. The molecule has 0 aliphatic carbocycles. The fourth-order valence-electron chi connectivity index (χ4n) is 6.04. The van der Waals surface area contributed by atoms with E-state index in [4.69, 9.17) is 4.98 Å². The van der Waals surface area contributed by atoms with E-state index in [-0.39, 0.29) is 0 Å². The van der Waals surface area contributed by atoms with Crippen LogP contribution in [0.25, 0.3) is 49.1 Å². The van der Waals surface area contributed by atoms with Gasteiger partial charge < -0.3 is 0 Å². The molecule has 184 valence electrons. The average molecular weight is 582 g/mol. The molecule has 0 aliphatic rings. The predicted octanol–water partition coefficient (Wildman–Crippen LogP) is 7.32. The van der Waals surface area contributed by atoms with Crippen molar-refractivity contribution in [2.24, 2.45) is 0 Å². The van der Waals surface area contributed by atoms with Gasteiger partial charge in [0.15, 0.2) is 0 Å². The van der Waals surface area contributed by atoms with Gasteiger partial charge in [-0.3, -0.25) is 0 Å². The molecule has 8 rings (SSSR count). The number of nitrogens with zero attached hydrogens (tertiary/aromatic N) is 2. The van der Waals surface area contributed by atoms with Crippen LogP contribution in [0.2, 0.25) is 0 Å². The summed E-state index contributed by atoms with van der Waals surface area (Å²) in [7, 11) is 0. The Labute approximate surface area is 233 Å². The van der Waals surface area contributed by atoms with Crippen LogP contribution in [-0.2, 0) is 0 Å². The van der Waals surface area contributed by atoms with Crippen LogP contribution in [0.1, 0.15) is 0 Å². The van der Waals surface area contributed by atoms with Crippen LogP contribution >= 0.6 is 5.51 Å². The molecule has 0 spiro atoms. The van der Waals surface area contributed by atoms with E-state index in [0.29, 0.717) is 0 Å². The Bertz CT molecular complexity index is 2210. The quantitative estimate of drug-likeness (QED) is 0.121. The topological polar surface area (TPSA) is 17.3 Å².